The van der Waals surface area contributed by atoms with Gasteiger partial charge >= 0.3 is 0 Å². The monoisotopic (exact) mass is 317 g/mol. The highest BCUT2D eigenvalue weighted by atomic mass is 16.2. The average Bonchev–Trinajstić information content (AvgIpc) is 2.64. The summed E-state index contributed by atoms with van der Waals surface area (Å²) in [6.07, 6.45) is 3.22. The van der Waals surface area contributed by atoms with E-state index in [0.717, 1.165) is 0 Å². The number of pyridine rings is 1. The van der Waals surface area contributed by atoms with Crippen LogP contribution in [0.4, 0.5) is 11.4 Å². The van der Waals surface area contributed by atoms with Gasteiger partial charge in [0.1, 0.15) is 0 Å². The van der Waals surface area contributed by atoms with Gasteiger partial charge in [-0.15, -0.1) is 0 Å². The Morgan fingerprint density at radius 3 is 1.71 bits per heavy atom. The van der Waals surface area contributed by atoms with Gasteiger partial charge in [0.2, 0.25) is 0 Å². The Morgan fingerprint density at radius 1 is 0.625 bits per heavy atom. The minimum absolute atomic E-state index is 0.190. The number of nitrogens with one attached hydrogen (secondary N) is 2. The minimum Gasteiger partial charge on any atom is -0.322 e. The van der Waals surface area contributed by atoms with Gasteiger partial charge in [-0.2, -0.15) is 0 Å². The van der Waals surface area contributed by atoms with E-state index in [1.807, 2.05) is 6.07 Å². The third kappa shape index (κ3) is 3.84. The molecule has 0 spiro atoms. The Kier molecular flexibility index (Phi) is 4.62. The zero-order valence-electron chi connectivity index (χ0n) is 12.8. The van der Waals surface area contributed by atoms with Gasteiger partial charge in [-0.05, 0) is 48.5 Å². The van der Waals surface area contributed by atoms with Gasteiger partial charge in [-0.3, -0.25) is 14.6 Å². The molecule has 0 bridgehead atoms. The van der Waals surface area contributed by atoms with Crippen LogP contribution in [-0.2, 0) is 0 Å². The summed E-state index contributed by atoms with van der Waals surface area (Å²) in [5, 5.41) is 5.57. The van der Waals surface area contributed by atoms with E-state index in [1.54, 1.807) is 73.1 Å². The molecule has 2 amide bonds. The smallest absolute Gasteiger partial charge is 0.255 e. The van der Waals surface area contributed by atoms with Crippen molar-refractivity contribution in [3.05, 3.63) is 90.3 Å². The molecule has 0 radical (unpaired) electrons. The number of carbonyl (C=O) groups is 2. The van der Waals surface area contributed by atoms with Gasteiger partial charge in [0, 0.05) is 34.9 Å². The molecule has 0 saturated carbocycles. The maximum Gasteiger partial charge on any atom is 0.255 e. The van der Waals surface area contributed by atoms with Crippen molar-refractivity contribution >= 4 is 23.2 Å². The summed E-state index contributed by atoms with van der Waals surface area (Å²) < 4.78 is 0. The lowest BCUT2D eigenvalue weighted by Gasteiger charge is -2.07. The van der Waals surface area contributed by atoms with E-state index in [2.05, 4.69) is 15.6 Å². The molecule has 118 valence electrons. The lowest BCUT2D eigenvalue weighted by atomic mass is 10.1. The number of hydrogen-bond donors (Lipinski definition) is 2. The fourth-order valence-corrected chi connectivity index (χ4v) is 2.14. The SMILES string of the molecule is O=C(Nc1ccc(C(=O)Nc2ccncc2)cc1)c1ccccc1. The lowest BCUT2D eigenvalue weighted by molar-refractivity contribution is 0.102. The van der Waals surface area contributed by atoms with Gasteiger partial charge < -0.3 is 10.6 Å². The number of amides is 2. The molecule has 5 nitrogen and oxygen atoms in total. The number of benzene rings is 2. The van der Waals surface area contributed by atoms with E-state index in [9.17, 15) is 9.59 Å². The summed E-state index contributed by atoms with van der Waals surface area (Å²) >= 11 is 0. The quantitative estimate of drug-likeness (QED) is 0.772. The first-order chi connectivity index (χ1) is 11.7. The number of carbonyl (C=O) groups excluding carboxylic acids is 2. The van der Waals surface area contributed by atoms with Crippen LogP contribution >= 0.6 is 0 Å². The summed E-state index contributed by atoms with van der Waals surface area (Å²) in [4.78, 5) is 28.1. The molecule has 2 aromatic carbocycles. The van der Waals surface area contributed by atoms with E-state index in [1.165, 1.54) is 0 Å². The summed E-state index contributed by atoms with van der Waals surface area (Å²) in [6, 6.07) is 19.1. The molecule has 0 aliphatic heterocycles. The van der Waals surface area contributed by atoms with Crippen molar-refractivity contribution < 1.29 is 9.59 Å². The Hall–Kier alpha value is -3.47. The van der Waals surface area contributed by atoms with Gasteiger partial charge in [0.15, 0.2) is 0 Å². The number of anilines is 2. The minimum atomic E-state index is -0.220. The number of rotatable bonds is 4. The van der Waals surface area contributed by atoms with E-state index in [-0.39, 0.29) is 11.8 Å². The number of aromatic nitrogens is 1. The predicted octanol–water partition coefficient (Wildman–Crippen LogP) is 3.59. The van der Waals surface area contributed by atoms with Crippen molar-refractivity contribution in [3.8, 4) is 0 Å². The fourth-order valence-electron chi connectivity index (χ4n) is 2.14. The van der Waals surface area contributed by atoms with Crippen molar-refractivity contribution in [2.45, 2.75) is 0 Å². The molecular formula is C19H15N3O2. The Labute approximate surface area is 139 Å². The predicted molar refractivity (Wildman–Crippen MR) is 93.0 cm³/mol. The molecule has 0 atom stereocenters. The van der Waals surface area contributed by atoms with Crippen LogP contribution in [0.3, 0.4) is 0 Å². The first kappa shape index (κ1) is 15.4. The normalized spacial score (nSPS) is 10.0. The molecule has 0 aliphatic rings. The standard InChI is InChI=1S/C19H15N3O2/c23-18(14-4-2-1-3-5-14)21-16-8-6-15(7-9-16)19(24)22-17-10-12-20-13-11-17/h1-13H,(H,21,23)(H,20,22,24). The molecule has 2 N–H and O–H groups in total. The summed E-state index contributed by atoms with van der Waals surface area (Å²) in [5.41, 5.74) is 2.39. The molecule has 24 heavy (non-hydrogen) atoms. The molecular weight excluding hydrogens is 302 g/mol. The van der Waals surface area contributed by atoms with Crippen molar-refractivity contribution in [3.63, 3.8) is 0 Å². The molecule has 5 heteroatoms. The van der Waals surface area contributed by atoms with Gasteiger partial charge in [-0.1, -0.05) is 18.2 Å². The van der Waals surface area contributed by atoms with Crippen LogP contribution < -0.4 is 10.6 Å². The van der Waals surface area contributed by atoms with Crippen molar-refractivity contribution in [1.29, 1.82) is 0 Å². The molecule has 0 saturated heterocycles. The maximum atomic E-state index is 12.2. The summed E-state index contributed by atoms with van der Waals surface area (Å²) in [6.45, 7) is 0. The second-order valence-electron chi connectivity index (χ2n) is 5.09. The van der Waals surface area contributed by atoms with E-state index >= 15 is 0 Å². The first-order valence-corrected chi connectivity index (χ1v) is 7.40. The second-order valence-corrected chi connectivity index (χ2v) is 5.09. The summed E-state index contributed by atoms with van der Waals surface area (Å²) in [7, 11) is 0. The maximum absolute atomic E-state index is 12.2. The second kappa shape index (κ2) is 7.19. The molecule has 3 aromatic rings. The molecule has 0 aliphatic carbocycles. The summed E-state index contributed by atoms with van der Waals surface area (Å²) in [5.74, 6) is -0.410. The lowest BCUT2D eigenvalue weighted by Crippen LogP contribution is -2.13. The molecule has 0 unspecified atom stereocenters. The highest BCUT2D eigenvalue weighted by molar-refractivity contribution is 6.06. The largest absolute Gasteiger partial charge is 0.322 e. The van der Waals surface area contributed by atoms with Crippen LogP contribution in [-0.4, -0.2) is 16.8 Å². The average molecular weight is 317 g/mol. The molecule has 3 rings (SSSR count). The topological polar surface area (TPSA) is 71.1 Å². The Morgan fingerprint density at radius 2 is 1.12 bits per heavy atom. The third-order valence-electron chi connectivity index (χ3n) is 3.38. The van der Waals surface area contributed by atoms with E-state index < -0.39 is 0 Å². The van der Waals surface area contributed by atoms with Gasteiger partial charge in [0.05, 0.1) is 0 Å². The Bertz CT molecular complexity index is 832. The van der Waals surface area contributed by atoms with Crippen LogP contribution in [0.25, 0.3) is 0 Å². The van der Waals surface area contributed by atoms with Crippen molar-refractivity contribution in [2.75, 3.05) is 10.6 Å². The van der Waals surface area contributed by atoms with Gasteiger partial charge in [0.25, 0.3) is 11.8 Å². The van der Waals surface area contributed by atoms with Crippen LogP contribution in [0, 0.1) is 0 Å². The number of nitrogens with zero attached hydrogens (tertiary/aromatic N) is 1. The zero-order chi connectivity index (χ0) is 16.8. The highest BCUT2D eigenvalue weighted by Crippen LogP contribution is 2.13. The third-order valence-corrected chi connectivity index (χ3v) is 3.38. The van der Waals surface area contributed by atoms with Crippen molar-refractivity contribution in [2.24, 2.45) is 0 Å². The van der Waals surface area contributed by atoms with Crippen LogP contribution in [0.5, 0.6) is 0 Å². The van der Waals surface area contributed by atoms with Crippen LogP contribution in [0.2, 0.25) is 0 Å². The van der Waals surface area contributed by atoms with Crippen molar-refractivity contribution in [1.82, 2.24) is 4.98 Å². The first-order valence-electron chi connectivity index (χ1n) is 7.40. The Balaban J connectivity index is 1.65. The van der Waals surface area contributed by atoms with E-state index in [0.29, 0.717) is 22.5 Å². The molecule has 1 aromatic heterocycles. The zero-order valence-corrected chi connectivity index (χ0v) is 12.8. The molecule has 0 fully saturated rings. The van der Waals surface area contributed by atoms with E-state index in [4.69, 9.17) is 0 Å². The fraction of sp³-hybridized carbons (Fsp3) is 0. The number of hydrogen-bond acceptors (Lipinski definition) is 3. The van der Waals surface area contributed by atoms with Crippen LogP contribution in [0.15, 0.2) is 79.1 Å². The van der Waals surface area contributed by atoms with Gasteiger partial charge in [-0.25, -0.2) is 0 Å². The van der Waals surface area contributed by atoms with Crippen LogP contribution in [0.1, 0.15) is 20.7 Å². The highest BCUT2D eigenvalue weighted by Gasteiger charge is 2.08. The molecule has 1 heterocycles.